The number of carbonyl (C=O) groups is 1. The maximum absolute atomic E-state index is 12.2. The highest BCUT2D eigenvalue weighted by Gasteiger charge is 2.25. The van der Waals surface area contributed by atoms with Crippen LogP contribution in [0.4, 0.5) is 0 Å². The Balaban J connectivity index is 1.48. The van der Waals surface area contributed by atoms with Crippen LogP contribution in [0.25, 0.3) is 0 Å². The van der Waals surface area contributed by atoms with Gasteiger partial charge in [-0.2, -0.15) is 0 Å². The van der Waals surface area contributed by atoms with Gasteiger partial charge in [0, 0.05) is 12.1 Å². The van der Waals surface area contributed by atoms with Gasteiger partial charge < -0.3 is 24.1 Å². The number of benzene rings is 1. The zero-order valence-corrected chi connectivity index (χ0v) is 16.0. The lowest BCUT2D eigenvalue weighted by Crippen LogP contribution is -2.40. The van der Waals surface area contributed by atoms with Crippen LogP contribution >= 0.6 is 0 Å². The summed E-state index contributed by atoms with van der Waals surface area (Å²) in [6.45, 7) is 1.84. The number of nitrogens with one attached hydrogen (secondary N) is 1. The number of aromatic nitrogens is 1. The van der Waals surface area contributed by atoms with Crippen molar-refractivity contribution >= 4 is 5.91 Å². The molecule has 1 N–H and O–H groups in total. The fourth-order valence-electron chi connectivity index (χ4n) is 3.39. The number of aryl methyl sites for hydroxylation is 1. The third-order valence-electron chi connectivity index (χ3n) is 4.71. The number of hydrogen-bond acceptors (Lipinski definition) is 6. The number of hydrogen-bond donors (Lipinski definition) is 1. The average molecular weight is 374 g/mol. The highest BCUT2D eigenvalue weighted by Crippen LogP contribution is 2.38. The Kier molecular flexibility index (Phi) is 6.21. The highest BCUT2D eigenvalue weighted by atomic mass is 16.5. The molecule has 1 aromatic heterocycles. The first-order valence-corrected chi connectivity index (χ1v) is 9.18. The molecule has 1 aliphatic carbocycles. The van der Waals surface area contributed by atoms with E-state index >= 15 is 0 Å². The predicted molar refractivity (Wildman–Crippen MR) is 99.3 cm³/mol. The maximum Gasteiger partial charge on any atom is 0.227 e. The number of rotatable bonds is 7. The lowest BCUT2D eigenvalue weighted by atomic mass is 9.92. The molecular formula is C20H26N2O5. The van der Waals surface area contributed by atoms with Gasteiger partial charge in [0.2, 0.25) is 11.7 Å². The number of nitrogens with zero attached hydrogens (tertiary/aromatic N) is 1. The van der Waals surface area contributed by atoms with E-state index in [9.17, 15) is 4.79 Å². The molecule has 27 heavy (non-hydrogen) atoms. The predicted octanol–water partition coefficient (Wildman–Crippen LogP) is 3.05. The summed E-state index contributed by atoms with van der Waals surface area (Å²) >= 11 is 0. The van der Waals surface area contributed by atoms with E-state index in [0.717, 1.165) is 31.4 Å². The van der Waals surface area contributed by atoms with Crippen LogP contribution in [-0.4, -0.2) is 37.4 Å². The summed E-state index contributed by atoms with van der Waals surface area (Å²) in [6, 6.07) is 7.55. The molecule has 146 valence electrons. The molecule has 0 bridgehead atoms. The average Bonchev–Trinajstić information content (AvgIpc) is 3.07. The van der Waals surface area contributed by atoms with E-state index in [-0.39, 0.29) is 24.5 Å². The van der Waals surface area contributed by atoms with Crippen molar-refractivity contribution in [3.8, 4) is 17.2 Å². The Labute approximate surface area is 159 Å². The monoisotopic (exact) mass is 374 g/mol. The van der Waals surface area contributed by atoms with Crippen molar-refractivity contribution in [2.75, 3.05) is 14.2 Å². The van der Waals surface area contributed by atoms with E-state index in [0.29, 0.717) is 23.0 Å². The number of ether oxygens (including phenoxy) is 3. The molecule has 0 aliphatic heterocycles. The van der Waals surface area contributed by atoms with Crippen molar-refractivity contribution in [1.29, 1.82) is 0 Å². The lowest BCUT2D eigenvalue weighted by Gasteiger charge is -2.30. The van der Waals surface area contributed by atoms with Gasteiger partial charge >= 0.3 is 0 Å². The zero-order chi connectivity index (χ0) is 19.2. The maximum atomic E-state index is 12.2. The van der Waals surface area contributed by atoms with Crippen LogP contribution in [0.3, 0.4) is 0 Å². The summed E-state index contributed by atoms with van der Waals surface area (Å²) < 4.78 is 22.0. The Morgan fingerprint density at radius 3 is 2.56 bits per heavy atom. The molecule has 1 amide bonds. The molecule has 1 heterocycles. The van der Waals surface area contributed by atoms with E-state index in [4.69, 9.17) is 18.7 Å². The number of carbonyl (C=O) groups excluding carboxylic acids is 1. The molecule has 0 atom stereocenters. The molecule has 7 heteroatoms. The molecule has 0 spiro atoms. The Morgan fingerprint density at radius 2 is 1.93 bits per heavy atom. The van der Waals surface area contributed by atoms with E-state index in [1.807, 2.05) is 25.1 Å². The van der Waals surface area contributed by atoms with E-state index in [1.165, 1.54) is 0 Å². The van der Waals surface area contributed by atoms with Gasteiger partial charge in [-0.1, -0.05) is 11.2 Å². The molecular weight excluding hydrogens is 348 g/mol. The third-order valence-corrected chi connectivity index (χ3v) is 4.71. The first-order valence-electron chi connectivity index (χ1n) is 9.18. The zero-order valence-electron chi connectivity index (χ0n) is 16.0. The molecule has 7 nitrogen and oxygen atoms in total. The first-order chi connectivity index (χ1) is 13.1. The van der Waals surface area contributed by atoms with Gasteiger partial charge in [-0.3, -0.25) is 4.79 Å². The van der Waals surface area contributed by atoms with Crippen LogP contribution in [0.5, 0.6) is 17.2 Å². The first kappa shape index (κ1) is 19.1. The standard InChI is InChI=1S/C20H26N2O5/c1-13-11-16(27-22-13)12-19(23)21-14-7-9-15(10-8-14)26-18-6-4-5-17(24-2)20(18)25-3/h4-6,11,14-15H,7-10,12H2,1-3H3,(H,21,23). The topological polar surface area (TPSA) is 82.8 Å². The van der Waals surface area contributed by atoms with Crippen LogP contribution in [0.15, 0.2) is 28.8 Å². The second-order valence-electron chi connectivity index (χ2n) is 6.76. The second-order valence-corrected chi connectivity index (χ2v) is 6.76. The van der Waals surface area contributed by atoms with Crippen LogP contribution in [-0.2, 0) is 11.2 Å². The van der Waals surface area contributed by atoms with Gasteiger partial charge in [0.1, 0.15) is 5.76 Å². The Morgan fingerprint density at radius 1 is 1.19 bits per heavy atom. The van der Waals surface area contributed by atoms with Crippen LogP contribution in [0.2, 0.25) is 0 Å². The molecule has 2 aromatic rings. The quantitative estimate of drug-likeness (QED) is 0.802. The minimum absolute atomic E-state index is 0.0371. The van der Waals surface area contributed by atoms with Crippen molar-refractivity contribution in [3.05, 3.63) is 35.7 Å². The summed E-state index contributed by atoms with van der Waals surface area (Å²) in [5, 5.41) is 6.88. The van der Waals surface area contributed by atoms with Crippen LogP contribution in [0.1, 0.15) is 37.1 Å². The fourth-order valence-corrected chi connectivity index (χ4v) is 3.39. The molecule has 3 rings (SSSR count). The number of methoxy groups -OCH3 is 2. The Bertz CT molecular complexity index is 765. The fraction of sp³-hybridized carbons (Fsp3) is 0.500. The molecule has 1 aliphatic rings. The van der Waals surface area contributed by atoms with Gasteiger partial charge in [0.05, 0.1) is 32.4 Å². The second kappa shape index (κ2) is 8.79. The van der Waals surface area contributed by atoms with Gasteiger partial charge in [-0.05, 0) is 44.7 Å². The third kappa shape index (κ3) is 4.93. The van der Waals surface area contributed by atoms with Crippen molar-refractivity contribution in [2.45, 2.75) is 51.2 Å². The van der Waals surface area contributed by atoms with Gasteiger partial charge in [0.25, 0.3) is 0 Å². The van der Waals surface area contributed by atoms with Crippen molar-refractivity contribution < 1.29 is 23.5 Å². The minimum Gasteiger partial charge on any atom is -0.493 e. The van der Waals surface area contributed by atoms with Gasteiger partial charge in [-0.25, -0.2) is 0 Å². The summed E-state index contributed by atoms with van der Waals surface area (Å²) in [5.41, 5.74) is 0.781. The molecule has 0 radical (unpaired) electrons. The summed E-state index contributed by atoms with van der Waals surface area (Å²) in [7, 11) is 3.21. The van der Waals surface area contributed by atoms with E-state index in [1.54, 1.807) is 20.3 Å². The molecule has 0 saturated heterocycles. The molecule has 1 aromatic carbocycles. The summed E-state index contributed by atoms with van der Waals surface area (Å²) in [6.07, 6.45) is 3.80. The van der Waals surface area contributed by atoms with E-state index < -0.39 is 0 Å². The number of amides is 1. The smallest absolute Gasteiger partial charge is 0.227 e. The van der Waals surface area contributed by atoms with Gasteiger partial charge in [0.15, 0.2) is 11.5 Å². The Hall–Kier alpha value is -2.70. The minimum atomic E-state index is -0.0371. The molecule has 1 fully saturated rings. The summed E-state index contributed by atoms with van der Waals surface area (Å²) in [4.78, 5) is 12.2. The summed E-state index contributed by atoms with van der Waals surface area (Å²) in [5.74, 6) is 2.50. The lowest BCUT2D eigenvalue weighted by molar-refractivity contribution is -0.121. The normalized spacial score (nSPS) is 19.4. The SMILES string of the molecule is COc1cccc(OC2CCC(NC(=O)Cc3cc(C)no3)CC2)c1OC. The largest absolute Gasteiger partial charge is 0.493 e. The molecule has 0 unspecified atom stereocenters. The van der Waals surface area contributed by atoms with Crippen molar-refractivity contribution in [1.82, 2.24) is 10.5 Å². The van der Waals surface area contributed by atoms with Gasteiger partial charge in [-0.15, -0.1) is 0 Å². The van der Waals surface area contributed by atoms with Crippen molar-refractivity contribution in [2.24, 2.45) is 0 Å². The number of para-hydroxylation sites is 1. The van der Waals surface area contributed by atoms with Crippen LogP contribution < -0.4 is 19.5 Å². The van der Waals surface area contributed by atoms with Crippen molar-refractivity contribution in [3.63, 3.8) is 0 Å². The molecule has 1 saturated carbocycles. The highest BCUT2D eigenvalue weighted by molar-refractivity contribution is 5.78. The van der Waals surface area contributed by atoms with E-state index in [2.05, 4.69) is 10.5 Å². The van der Waals surface area contributed by atoms with Crippen LogP contribution in [0, 0.1) is 6.92 Å².